The van der Waals surface area contributed by atoms with E-state index in [9.17, 15) is 4.79 Å². The van der Waals surface area contributed by atoms with Gasteiger partial charge in [0, 0.05) is 24.8 Å². The van der Waals surface area contributed by atoms with Gasteiger partial charge in [0.05, 0.1) is 27.4 Å². The van der Waals surface area contributed by atoms with Crippen LogP contribution in [0.3, 0.4) is 0 Å². The Labute approximate surface area is 213 Å². The van der Waals surface area contributed by atoms with Crippen molar-refractivity contribution in [3.05, 3.63) is 82.9 Å². The summed E-state index contributed by atoms with van der Waals surface area (Å²) in [6, 6.07) is 19.5. The lowest BCUT2D eigenvalue weighted by Gasteiger charge is -2.41. The average molecular weight is 490 g/mol. The highest BCUT2D eigenvalue weighted by molar-refractivity contribution is 5.89. The lowest BCUT2D eigenvalue weighted by molar-refractivity contribution is 0.144. The van der Waals surface area contributed by atoms with Crippen molar-refractivity contribution in [2.45, 2.75) is 38.9 Å². The quantitative estimate of drug-likeness (QED) is 0.448. The number of ether oxygens (including phenoxy) is 3. The number of aryl methyl sites for hydroxylation is 1. The maximum absolute atomic E-state index is 12.9. The van der Waals surface area contributed by atoms with Crippen LogP contribution >= 0.6 is 0 Å². The smallest absolute Gasteiger partial charge is 0.319 e. The summed E-state index contributed by atoms with van der Waals surface area (Å²) in [7, 11) is 4.97. The van der Waals surface area contributed by atoms with Crippen LogP contribution in [0.5, 0.6) is 17.2 Å². The normalized spacial score (nSPS) is 16.0. The lowest BCUT2D eigenvalue weighted by atomic mass is 9.87. The minimum Gasteiger partial charge on any atom is -0.497 e. The fourth-order valence-electron chi connectivity index (χ4n) is 4.85. The number of nitrogens with zero attached hydrogens (tertiary/aromatic N) is 1. The summed E-state index contributed by atoms with van der Waals surface area (Å²) in [4.78, 5) is 15.3. The summed E-state index contributed by atoms with van der Waals surface area (Å²) in [5, 5.41) is 6.12. The van der Waals surface area contributed by atoms with Gasteiger partial charge in [-0.05, 0) is 73.4 Å². The molecule has 4 rings (SSSR count). The van der Waals surface area contributed by atoms with Crippen molar-refractivity contribution >= 4 is 11.7 Å². The maximum atomic E-state index is 12.9. The standard InChI is InChI=1S/C29H35N3O4/c1-19-6-10-23(11-7-19)31-29(33)30-20(2)28-25-17-27(36-5)26(35-4)16-22(25)14-15-32(28)18-21-8-12-24(34-3)13-9-21/h6-13,16-17,20,28H,14-15,18H2,1-5H3,(H2,30,31,33)/t20-,28-/m0/s1. The molecule has 1 aliphatic rings. The monoisotopic (exact) mass is 489 g/mol. The SMILES string of the molecule is COc1ccc(CN2CCc3cc(OC)c(OC)cc3[C@@H]2[C@H](C)NC(=O)Nc2ccc(C)cc2)cc1. The molecule has 0 fully saturated rings. The highest BCUT2D eigenvalue weighted by atomic mass is 16.5. The zero-order valence-electron chi connectivity index (χ0n) is 21.6. The maximum Gasteiger partial charge on any atom is 0.319 e. The molecule has 3 aromatic rings. The number of fused-ring (bicyclic) bond motifs is 1. The van der Waals surface area contributed by atoms with Crippen LogP contribution < -0.4 is 24.8 Å². The van der Waals surface area contributed by atoms with E-state index in [0.717, 1.165) is 47.8 Å². The summed E-state index contributed by atoms with van der Waals surface area (Å²) in [5.41, 5.74) is 5.43. The van der Waals surface area contributed by atoms with E-state index in [1.54, 1.807) is 21.3 Å². The van der Waals surface area contributed by atoms with E-state index < -0.39 is 0 Å². The molecule has 2 N–H and O–H groups in total. The molecule has 36 heavy (non-hydrogen) atoms. The number of urea groups is 1. The molecule has 0 aromatic heterocycles. The second kappa shape index (κ2) is 11.4. The Morgan fingerprint density at radius 2 is 1.64 bits per heavy atom. The van der Waals surface area contributed by atoms with E-state index in [4.69, 9.17) is 14.2 Å². The third-order valence-corrected chi connectivity index (χ3v) is 6.71. The number of hydrogen-bond acceptors (Lipinski definition) is 5. The Bertz CT molecular complexity index is 1180. The van der Waals surface area contributed by atoms with Gasteiger partial charge in [-0.25, -0.2) is 4.79 Å². The summed E-state index contributed by atoms with van der Waals surface area (Å²) in [6.45, 7) is 5.66. The van der Waals surface area contributed by atoms with Crippen LogP contribution in [0, 0.1) is 6.92 Å². The van der Waals surface area contributed by atoms with Crippen molar-refractivity contribution in [1.82, 2.24) is 10.2 Å². The molecular formula is C29H35N3O4. The molecule has 0 aliphatic carbocycles. The first kappa shape index (κ1) is 25.4. The molecule has 0 saturated carbocycles. The fraction of sp³-hybridized carbons (Fsp3) is 0.345. The number of amides is 2. The summed E-state index contributed by atoms with van der Waals surface area (Å²) < 4.78 is 16.5. The van der Waals surface area contributed by atoms with Gasteiger partial charge in [-0.15, -0.1) is 0 Å². The predicted octanol–water partition coefficient (Wildman–Crippen LogP) is 5.33. The average Bonchev–Trinajstić information content (AvgIpc) is 2.89. The molecule has 0 bridgehead atoms. The third-order valence-electron chi connectivity index (χ3n) is 6.71. The van der Waals surface area contributed by atoms with Gasteiger partial charge in [-0.2, -0.15) is 0 Å². The van der Waals surface area contributed by atoms with Crippen LogP contribution in [0.2, 0.25) is 0 Å². The molecule has 0 radical (unpaired) electrons. The van der Waals surface area contributed by atoms with Crippen LogP contribution in [0.15, 0.2) is 60.7 Å². The van der Waals surface area contributed by atoms with Gasteiger partial charge in [0.25, 0.3) is 0 Å². The van der Waals surface area contributed by atoms with Crippen LogP contribution in [0.1, 0.15) is 35.2 Å². The lowest BCUT2D eigenvalue weighted by Crippen LogP contribution is -2.48. The third kappa shape index (κ3) is 5.74. The molecule has 7 nitrogen and oxygen atoms in total. The first-order valence-corrected chi connectivity index (χ1v) is 12.2. The van der Waals surface area contributed by atoms with Gasteiger partial charge in [-0.3, -0.25) is 4.90 Å². The summed E-state index contributed by atoms with van der Waals surface area (Å²) in [6.07, 6.45) is 0.880. The van der Waals surface area contributed by atoms with Gasteiger partial charge in [-0.1, -0.05) is 29.8 Å². The Kier molecular flexibility index (Phi) is 8.00. The highest BCUT2D eigenvalue weighted by Gasteiger charge is 2.33. The molecule has 2 amide bonds. The van der Waals surface area contributed by atoms with Crippen molar-refractivity contribution in [2.75, 3.05) is 33.2 Å². The van der Waals surface area contributed by atoms with Gasteiger partial charge in [0.1, 0.15) is 5.75 Å². The minimum atomic E-state index is -0.233. The van der Waals surface area contributed by atoms with Crippen molar-refractivity contribution < 1.29 is 19.0 Å². The van der Waals surface area contributed by atoms with Crippen LogP contribution in [-0.2, 0) is 13.0 Å². The van der Waals surface area contributed by atoms with Crippen molar-refractivity contribution in [3.63, 3.8) is 0 Å². The topological polar surface area (TPSA) is 72.1 Å². The van der Waals surface area contributed by atoms with Crippen LogP contribution in [0.25, 0.3) is 0 Å². The predicted molar refractivity (Wildman–Crippen MR) is 142 cm³/mol. The molecule has 2 atom stereocenters. The number of nitrogens with one attached hydrogen (secondary N) is 2. The number of carbonyl (C=O) groups excluding carboxylic acids is 1. The van der Waals surface area contributed by atoms with E-state index >= 15 is 0 Å². The molecule has 3 aromatic carbocycles. The Balaban J connectivity index is 1.61. The van der Waals surface area contributed by atoms with Gasteiger partial charge in [0.15, 0.2) is 11.5 Å². The van der Waals surface area contributed by atoms with Crippen LogP contribution in [-0.4, -0.2) is 44.8 Å². The van der Waals surface area contributed by atoms with Gasteiger partial charge < -0.3 is 24.8 Å². The number of rotatable bonds is 8. The Morgan fingerprint density at radius 3 is 2.28 bits per heavy atom. The highest BCUT2D eigenvalue weighted by Crippen LogP contribution is 2.40. The van der Waals surface area contributed by atoms with E-state index in [1.165, 1.54) is 11.1 Å². The largest absolute Gasteiger partial charge is 0.497 e. The molecule has 0 unspecified atom stereocenters. The second-order valence-electron chi connectivity index (χ2n) is 9.17. The fourth-order valence-corrected chi connectivity index (χ4v) is 4.85. The van der Waals surface area contributed by atoms with Gasteiger partial charge >= 0.3 is 6.03 Å². The Hall–Kier alpha value is -3.71. The number of hydrogen-bond donors (Lipinski definition) is 2. The molecule has 190 valence electrons. The molecule has 1 aliphatic heterocycles. The first-order valence-electron chi connectivity index (χ1n) is 12.2. The van der Waals surface area contributed by atoms with Crippen molar-refractivity contribution in [2.24, 2.45) is 0 Å². The number of carbonyl (C=O) groups is 1. The van der Waals surface area contributed by atoms with Crippen LogP contribution in [0.4, 0.5) is 10.5 Å². The molecular weight excluding hydrogens is 454 g/mol. The molecule has 1 heterocycles. The zero-order valence-corrected chi connectivity index (χ0v) is 21.6. The van der Waals surface area contributed by atoms with Crippen molar-refractivity contribution in [1.29, 1.82) is 0 Å². The van der Waals surface area contributed by atoms with Gasteiger partial charge in [0.2, 0.25) is 0 Å². The van der Waals surface area contributed by atoms with E-state index in [0.29, 0.717) is 5.75 Å². The Morgan fingerprint density at radius 1 is 0.972 bits per heavy atom. The second-order valence-corrected chi connectivity index (χ2v) is 9.17. The molecule has 0 spiro atoms. The first-order chi connectivity index (χ1) is 17.4. The van der Waals surface area contributed by atoms with Crippen molar-refractivity contribution in [3.8, 4) is 17.2 Å². The van der Waals surface area contributed by atoms with E-state index in [-0.39, 0.29) is 18.1 Å². The summed E-state index contributed by atoms with van der Waals surface area (Å²) >= 11 is 0. The summed E-state index contributed by atoms with van der Waals surface area (Å²) in [5.74, 6) is 2.24. The zero-order chi connectivity index (χ0) is 25.7. The number of methoxy groups -OCH3 is 3. The molecule has 7 heteroatoms. The molecule has 0 saturated heterocycles. The minimum absolute atomic E-state index is 0.0561. The van der Waals surface area contributed by atoms with E-state index in [2.05, 4.69) is 39.8 Å². The number of benzene rings is 3. The number of anilines is 1. The van der Waals surface area contributed by atoms with E-state index in [1.807, 2.05) is 50.2 Å².